The molecular formula is C32H35F3N4O5S. The minimum absolute atomic E-state index is 0.00410. The number of carbonyl (C=O) groups is 1. The molecule has 45 heavy (non-hydrogen) atoms. The minimum atomic E-state index is -4.32. The number of nitrogens with one attached hydrogen (secondary N) is 2. The summed E-state index contributed by atoms with van der Waals surface area (Å²) in [7, 11) is -4.32. The lowest BCUT2D eigenvalue weighted by molar-refractivity contribution is -0.191. The number of carboxylic acid groups (broad SMARTS) is 1. The van der Waals surface area contributed by atoms with Gasteiger partial charge >= 0.3 is 12.1 Å². The monoisotopic (exact) mass is 644 g/mol. The van der Waals surface area contributed by atoms with Gasteiger partial charge in [0.05, 0.1) is 21.6 Å². The van der Waals surface area contributed by atoms with Gasteiger partial charge in [0.1, 0.15) is 6.61 Å². The van der Waals surface area contributed by atoms with E-state index in [-0.39, 0.29) is 54.2 Å². The lowest BCUT2D eigenvalue weighted by atomic mass is 9.76. The van der Waals surface area contributed by atoms with Crippen molar-refractivity contribution in [3.63, 3.8) is 0 Å². The second-order valence-corrected chi connectivity index (χ2v) is 14.6. The lowest BCUT2D eigenvalue weighted by Crippen LogP contribution is -2.50. The first-order chi connectivity index (χ1) is 21.2. The fourth-order valence-electron chi connectivity index (χ4n) is 6.47. The molecular weight excluding hydrogens is 609 g/mol. The molecule has 1 spiro atoms. The normalized spacial score (nSPS) is 19.0. The molecule has 240 valence electrons. The van der Waals surface area contributed by atoms with Crippen molar-refractivity contribution in [1.29, 1.82) is 0 Å². The highest BCUT2D eigenvalue weighted by atomic mass is 32.2. The number of halogens is 3. The van der Waals surface area contributed by atoms with E-state index in [0.717, 1.165) is 35.6 Å². The summed E-state index contributed by atoms with van der Waals surface area (Å²) in [5.74, 6) is -1.61. The number of ether oxygens (including phenoxy) is 1. The highest BCUT2D eigenvalue weighted by Crippen LogP contribution is 2.62. The molecule has 3 aromatic rings. The maximum atomic E-state index is 13.9. The molecule has 0 saturated heterocycles. The molecule has 1 atom stereocenters. The summed E-state index contributed by atoms with van der Waals surface area (Å²) in [6.07, 6.45) is -0.0266. The van der Waals surface area contributed by atoms with E-state index in [1.165, 1.54) is 31.0 Å². The van der Waals surface area contributed by atoms with Crippen LogP contribution in [0.15, 0.2) is 53.4 Å². The van der Waals surface area contributed by atoms with Crippen molar-refractivity contribution in [2.24, 2.45) is 10.8 Å². The summed E-state index contributed by atoms with van der Waals surface area (Å²) in [6.45, 7) is 3.66. The molecule has 13 heteroatoms. The van der Waals surface area contributed by atoms with Crippen LogP contribution in [-0.2, 0) is 10.0 Å². The van der Waals surface area contributed by atoms with E-state index in [0.29, 0.717) is 11.1 Å². The second-order valence-electron chi connectivity index (χ2n) is 12.9. The van der Waals surface area contributed by atoms with Crippen LogP contribution in [0.3, 0.4) is 0 Å². The van der Waals surface area contributed by atoms with E-state index >= 15 is 0 Å². The maximum Gasteiger partial charge on any atom is 0.394 e. The van der Waals surface area contributed by atoms with Crippen molar-refractivity contribution < 1.29 is 36.2 Å². The Hall–Kier alpha value is -3.71. The average Bonchev–Trinajstić information content (AvgIpc) is 3.87. The molecule has 6 rings (SSSR count). The minimum Gasteiger partial charge on any atom is -0.478 e. The highest BCUT2D eigenvalue weighted by molar-refractivity contribution is 7.92. The molecule has 0 bridgehead atoms. The summed E-state index contributed by atoms with van der Waals surface area (Å²) in [6, 6.07) is 11.6. The maximum absolute atomic E-state index is 13.9. The molecule has 3 N–H and O–H groups in total. The first kappa shape index (κ1) is 31.3. The predicted molar refractivity (Wildman–Crippen MR) is 161 cm³/mol. The summed E-state index contributed by atoms with van der Waals surface area (Å²) < 4.78 is 76.7. The van der Waals surface area contributed by atoms with Crippen LogP contribution >= 0.6 is 0 Å². The van der Waals surface area contributed by atoms with Crippen molar-refractivity contribution >= 4 is 21.9 Å². The van der Waals surface area contributed by atoms with Crippen LogP contribution in [0.4, 0.5) is 19.1 Å². The number of benzene rings is 2. The second kappa shape index (κ2) is 11.3. The summed E-state index contributed by atoms with van der Waals surface area (Å²) >= 11 is 0. The highest BCUT2D eigenvalue weighted by Gasteiger charge is 2.63. The van der Waals surface area contributed by atoms with Gasteiger partial charge in [0, 0.05) is 23.7 Å². The van der Waals surface area contributed by atoms with Gasteiger partial charge in [0.2, 0.25) is 11.8 Å². The zero-order chi connectivity index (χ0) is 32.2. The SMILES string of the molecule is Cc1cccc(C)c1-c1cc(OC[C@@H](CC2(C(F)(F)F)CC2)NC2CC3(CC3)C2)nc(NS(=O)(=O)c2cccc(C(=O)O)c2)n1. The fourth-order valence-corrected chi connectivity index (χ4v) is 7.46. The number of rotatable bonds is 12. The zero-order valence-corrected chi connectivity index (χ0v) is 25.8. The molecule has 3 aliphatic carbocycles. The summed E-state index contributed by atoms with van der Waals surface area (Å²) in [5, 5.41) is 12.7. The van der Waals surface area contributed by atoms with Gasteiger partial charge in [-0.15, -0.1) is 0 Å². The average molecular weight is 645 g/mol. The zero-order valence-electron chi connectivity index (χ0n) is 24.9. The van der Waals surface area contributed by atoms with Crippen LogP contribution in [0.2, 0.25) is 0 Å². The first-order valence-electron chi connectivity index (χ1n) is 15.0. The number of hydrogen-bond acceptors (Lipinski definition) is 7. The Morgan fingerprint density at radius 2 is 1.71 bits per heavy atom. The van der Waals surface area contributed by atoms with Gasteiger partial charge in [0.15, 0.2) is 0 Å². The third-order valence-electron chi connectivity index (χ3n) is 9.37. The van der Waals surface area contributed by atoms with Gasteiger partial charge in [-0.25, -0.2) is 22.9 Å². The topological polar surface area (TPSA) is 131 Å². The Balaban J connectivity index is 1.29. The Kier molecular flexibility index (Phi) is 7.83. The largest absolute Gasteiger partial charge is 0.478 e. The van der Waals surface area contributed by atoms with Gasteiger partial charge < -0.3 is 15.2 Å². The number of nitrogens with zero attached hydrogens (tertiary/aromatic N) is 2. The van der Waals surface area contributed by atoms with E-state index in [1.54, 1.807) is 6.07 Å². The third kappa shape index (κ3) is 6.64. The van der Waals surface area contributed by atoms with Crippen molar-refractivity contribution in [2.45, 2.75) is 81.9 Å². The van der Waals surface area contributed by atoms with E-state index in [1.807, 2.05) is 32.0 Å². The van der Waals surface area contributed by atoms with Gasteiger partial charge in [0.25, 0.3) is 10.0 Å². The molecule has 0 amide bonds. The number of aryl methyl sites for hydroxylation is 2. The van der Waals surface area contributed by atoms with Crippen LogP contribution in [0.25, 0.3) is 11.3 Å². The predicted octanol–water partition coefficient (Wildman–Crippen LogP) is 6.27. The molecule has 0 aliphatic heterocycles. The number of aromatic nitrogens is 2. The van der Waals surface area contributed by atoms with Crippen LogP contribution in [0.1, 0.15) is 66.4 Å². The molecule has 0 unspecified atom stereocenters. The summed E-state index contributed by atoms with van der Waals surface area (Å²) in [4.78, 5) is 19.9. The van der Waals surface area contributed by atoms with E-state index < -0.39 is 33.6 Å². The Morgan fingerprint density at radius 3 is 2.31 bits per heavy atom. The van der Waals surface area contributed by atoms with Gasteiger partial charge in [-0.2, -0.15) is 18.2 Å². The first-order valence-corrected chi connectivity index (χ1v) is 16.4. The smallest absolute Gasteiger partial charge is 0.394 e. The molecule has 3 aliphatic rings. The molecule has 2 aromatic carbocycles. The van der Waals surface area contributed by atoms with Crippen LogP contribution in [0, 0.1) is 24.7 Å². The number of aromatic carboxylic acids is 1. The van der Waals surface area contributed by atoms with Crippen molar-refractivity contribution in [3.05, 3.63) is 65.2 Å². The van der Waals surface area contributed by atoms with Crippen LogP contribution in [0.5, 0.6) is 5.88 Å². The van der Waals surface area contributed by atoms with Crippen LogP contribution < -0.4 is 14.8 Å². The molecule has 1 aromatic heterocycles. The van der Waals surface area contributed by atoms with Crippen molar-refractivity contribution in [3.8, 4) is 17.1 Å². The lowest BCUT2D eigenvalue weighted by Gasteiger charge is -2.40. The van der Waals surface area contributed by atoms with E-state index in [2.05, 4.69) is 20.0 Å². The number of anilines is 1. The van der Waals surface area contributed by atoms with Crippen molar-refractivity contribution in [2.75, 3.05) is 11.3 Å². The van der Waals surface area contributed by atoms with Gasteiger partial charge in [-0.1, -0.05) is 24.3 Å². The van der Waals surface area contributed by atoms with Crippen molar-refractivity contribution in [1.82, 2.24) is 15.3 Å². The Bertz CT molecular complexity index is 1710. The molecule has 3 fully saturated rings. The summed E-state index contributed by atoms with van der Waals surface area (Å²) in [5.41, 5.74) is 1.25. The number of hydrogen-bond donors (Lipinski definition) is 3. The fraction of sp³-hybridized carbons (Fsp3) is 0.469. The molecule has 3 saturated carbocycles. The molecule has 9 nitrogen and oxygen atoms in total. The number of carboxylic acids is 1. The van der Waals surface area contributed by atoms with E-state index in [4.69, 9.17) is 4.74 Å². The van der Waals surface area contributed by atoms with Crippen LogP contribution in [-0.4, -0.2) is 54.3 Å². The third-order valence-corrected chi connectivity index (χ3v) is 10.7. The number of alkyl halides is 3. The quantitative estimate of drug-likeness (QED) is 0.210. The standard InChI is InChI=1S/C32H35F3N4O5S/c1-19-5-3-6-20(2)27(19)25-14-26(38-29(37-25)39-45(42,43)24-8-4-7-21(13-24)28(40)41)44-18-23(17-31(11-12-31)32(33,34)35)36-22-15-30(16-22)9-10-30/h3-8,13-14,22-23,36H,9-12,15-18H2,1-2H3,(H,40,41)(H,37,38,39)/t23-/m1/s1. The van der Waals surface area contributed by atoms with Gasteiger partial charge in [-0.3, -0.25) is 0 Å². The Labute approximate surface area is 259 Å². The van der Waals surface area contributed by atoms with E-state index in [9.17, 15) is 31.5 Å². The number of sulfonamides is 1. The molecule has 0 radical (unpaired) electrons. The molecule has 1 heterocycles. The Morgan fingerprint density at radius 1 is 1.04 bits per heavy atom. The van der Waals surface area contributed by atoms with Gasteiger partial charge in [-0.05, 0) is 93.5 Å².